The zero-order chi connectivity index (χ0) is 25.4. The highest BCUT2D eigenvalue weighted by atomic mass is 35.5. The molecule has 0 spiro atoms. The molecule has 0 aliphatic carbocycles. The van der Waals surface area contributed by atoms with Gasteiger partial charge >= 0.3 is 0 Å². The first-order valence-electron chi connectivity index (χ1n) is 11.1. The first-order chi connectivity index (χ1) is 17.4. The lowest BCUT2D eigenvalue weighted by Gasteiger charge is -2.26. The van der Waals surface area contributed by atoms with Crippen molar-refractivity contribution in [3.63, 3.8) is 0 Å². The number of aryl methyl sites for hydroxylation is 1. The smallest absolute Gasteiger partial charge is 0.293 e. The van der Waals surface area contributed by atoms with Crippen molar-refractivity contribution in [2.24, 2.45) is 0 Å². The molecular formula is C24H22Cl2N6O4. The maximum atomic E-state index is 13.3. The number of nitrogens with one attached hydrogen (secondary N) is 2. The van der Waals surface area contributed by atoms with Gasteiger partial charge in [0.2, 0.25) is 5.95 Å². The van der Waals surface area contributed by atoms with Crippen LogP contribution in [0.3, 0.4) is 0 Å². The molecule has 1 aliphatic heterocycles. The number of carbonyl (C=O) groups is 1. The van der Waals surface area contributed by atoms with Crippen LogP contribution >= 0.6 is 23.2 Å². The fraction of sp³-hybridized carbons (Fsp3) is 0.250. The summed E-state index contributed by atoms with van der Waals surface area (Å²) in [6, 6.07) is 8.36. The van der Waals surface area contributed by atoms with Crippen molar-refractivity contribution in [1.82, 2.24) is 24.6 Å². The minimum Gasteiger partial charge on any atom is -0.412 e. The number of rotatable bonds is 5. The number of hydrogen-bond donors (Lipinski definition) is 2. The molecule has 186 valence electrons. The summed E-state index contributed by atoms with van der Waals surface area (Å²) in [4.78, 5) is 45.2. The number of benzene rings is 1. The van der Waals surface area contributed by atoms with Gasteiger partial charge in [0.1, 0.15) is 12.8 Å². The fourth-order valence-corrected chi connectivity index (χ4v) is 4.69. The number of nitrogens with zero attached hydrogens (tertiary/aromatic N) is 4. The van der Waals surface area contributed by atoms with Crippen LogP contribution in [0.1, 0.15) is 16.2 Å². The van der Waals surface area contributed by atoms with Gasteiger partial charge in [-0.25, -0.2) is 4.98 Å². The van der Waals surface area contributed by atoms with E-state index in [4.69, 9.17) is 32.8 Å². The number of anilines is 2. The zero-order valence-electron chi connectivity index (χ0n) is 19.5. The third kappa shape index (κ3) is 4.39. The highest BCUT2D eigenvalue weighted by Gasteiger charge is 2.22. The molecule has 0 radical (unpaired) electrons. The van der Waals surface area contributed by atoms with Crippen molar-refractivity contribution in [3.05, 3.63) is 68.3 Å². The Balaban J connectivity index is 1.50. The number of fused-ring (bicyclic) bond motifs is 1. The van der Waals surface area contributed by atoms with E-state index in [1.165, 1.54) is 7.11 Å². The summed E-state index contributed by atoms with van der Waals surface area (Å²) < 4.78 is 6.38. The molecule has 1 amide bonds. The first-order valence-corrected chi connectivity index (χ1v) is 11.9. The minimum absolute atomic E-state index is 0.104. The number of ether oxygens (including phenoxy) is 1. The highest BCUT2D eigenvalue weighted by molar-refractivity contribution is 6.39. The maximum Gasteiger partial charge on any atom is 0.293 e. The second kappa shape index (κ2) is 9.81. The van der Waals surface area contributed by atoms with Gasteiger partial charge in [-0.1, -0.05) is 29.3 Å². The Hall–Kier alpha value is -3.60. The quantitative estimate of drug-likeness (QED) is 0.406. The van der Waals surface area contributed by atoms with Crippen molar-refractivity contribution < 1.29 is 14.4 Å². The van der Waals surface area contributed by atoms with Gasteiger partial charge in [-0.2, -0.15) is 4.98 Å². The zero-order valence-corrected chi connectivity index (χ0v) is 21.0. The van der Waals surface area contributed by atoms with E-state index in [9.17, 15) is 9.59 Å². The summed E-state index contributed by atoms with van der Waals surface area (Å²) >= 11 is 12.7. The highest BCUT2D eigenvalue weighted by Crippen LogP contribution is 2.34. The minimum atomic E-state index is -0.471. The second-order valence-electron chi connectivity index (χ2n) is 8.16. The lowest BCUT2D eigenvalue weighted by atomic mass is 10.1. The summed E-state index contributed by atoms with van der Waals surface area (Å²) in [6.45, 7) is 3.97. The number of amides is 1. The topological polar surface area (TPSA) is 114 Å². The molecule has 2 N–H and O–H groups in total. The molecule has 10 nitrogen and oxygen atoms in total. The molecule has 12 heteroatoms. The molecule has 1 fully saturated rings. The summed E-state index contributed by atoms with van der Waals surface area (Å²) in [5.74, 6) is 0.122. The Morgan fingerprint density at radius 3 is 2.61 bits per heavy atom. The van der Waals surface area contributed by atoms with E-state index < -0.39 is 5.56 Å². The normalized spacial score (nSPS) is 13.7. The maximum absolute atomic E-state index is 13.3. The van der Waals surface area contributed by atoms with Gasteiger partial charge in [0.05, 0.1) is 34.5 Å². The number of hydrogen-bond acceptors (Lipinski definition) is 7. The van der Waals surface area contributed by atoms with Crippen molar-refractivity contribution in [1.29, 1.82) is 0 Å². The first kappa shape index (κ1) is 24.1. The molecule has 1 aromatic carbocycles. The number of H-pyrrole nitrogens is 1. The Morgan fingerprint density at radius 2 is 1.92 bits per heavy atom. The lowest BCUT2D eigenvalue weighted by Crippen LogP contribution is -2.40. The molecule has 5 rings (SSSR count). The average molecular weight is 529 g/mol. The van der Waals surface area contributed by atoms with E-state index >= 15 is 0 Å². The van der Waals surface area contributed by atoms with Gasteiger partial charge in [-0.3, -0.25) is 9.59 Å². The number of halogens is 2. The van der Waals surface area contributed by atoms with E-state index in [-0.39, 0.29) is 23.1 Å². The van der Waals surface area contributed by atoms with Crippen LogP contribution in [0.25, 0.3) is 22.2 Å². The van der Waals surface area contributed by atoms with Crippen molar-refractivity contribution in [3.8, 4) is 11.1 Å². The Bertz CT molecular complexity index is 1510. The van der Waals surface area contributed by atoms with E-state index in [1.807, 2.05) is 6.92 Å². The molecule has 0 unspecified atom stereocenters. The molecule has 4 aromatic rings. The van der Waals surface area contributed by atoms with E-state index in [0.717, 1.165) is 10.4 Å². The van der Waals surface area contributed by atoms with Crippen LogP contribution in [0, 0.1) is 6.92 Å². The van der Waals surface area contributed by atoms with Crippen molar-refractivity contribution >= 4 is 51.8 Å². The van der Waals surface area contributed by atoms with Gasteiger partial charge in [0.15, 0.2) is 5.65 Å². The molecule has 1 aliphatic rings. The number of aromatic nitrogens is 4. The molecule has 36 heavy (non-hydrogen) atoms. The van der Waals surface area contributed by atoms with Gasteiger partial charge in [-0.15, -0.1) is 4.73 Å². The Morgan fingerprint density at radius 1 is 1.19 bits per heavy atom. The third-order valence-electron chi connectivity index (χ3n) is 5.91. The predicted octanol–water partition coefficient (Wildman–Crippen LogP) is 3.68. The van der Waals surface area contributed by atoms with Crippen molar-refractivity contribution in [2.75, 3.05) is 38.7 Å². The number of pyridine rings is 1. The largest absolute Gasteiger partial charge is 0.412 e. The lowest BCUT2D eigenvalue weighted by molar-refractivity contribution is 0.0299. The monoisotopic (exact) mass is 528 g/mol. The molecule has 1 saturated heterocycles. The van der Waals surface area contributed by atoms with Gasteiger partial charge < -0.3 is 24.8 Å². The summed E-state index contributed by atoms with van der Waals surface area (Å²) in [5.41, 5.74) is 2.27. The Kier molecular flexibility index (Phi) is 6.57. The van der Waals surface area contributed by atoms with Crippen LogP contribution in [0.5, 0.6) is 0 Å². The summed E-state index contributed by atoms with van der Waals surface area (Å²) in [5, 5.41) is 4.34. The van der Waals surface area contributed by atoms with Crippen LogP contribution in [-0.4, -0.2) is 63.9 Å². The van der Waals surface area contributed by atoms with Crippen molar-refractivity contribution in [2.45, 2.75) is 6.92 Å². The Labute approximate surface area is 215 Å². The number of morpholine rings is 1. The number of carbonyl (C=O) groups excluding carboxylic acids is 1. The van der Waals surface area contributed by atoms with Crippen LogP contribution in [-0.2, 0) is 4.74 Å². The summed E-state index contributed by atoms with van der Waals surface area (Å²) in [7, 11) is 1.37. The average Bonchev–Trinajstić information content (AvgIpc) is 3.24. The molecule has 0 atom stereocenters. The van der Waals surface area contributed by atoms with Gasteiger partial charge in [0, 0.05) is 35.9 Å². The standard InChI is InChI=1S/C24H22Cl2N6O4/c1-13-18(11-19(28-13)23(34)31-6-8-36-9-7-31)29-24-27-12-14-10-15(20-16(25)4-3-5-17(20)26)22(33)32(35-2)21(14)30-24/h3-5,10-12,28H,6-9H2,1-2H3,(H,27,29,30). The van der Waals surface area contributed by atoms with E-state index in [2.05, 4.69) is 20.3 Å². The predicted molar refractivity (Wildman–Crippen MR) is 137 cm³/mol. The number of aromatic amines is 1. The summed E-state index contributed by atoms with van der Waals surface area (Å²) in [6.07, 6.45) is 1.57. The second-order valence-corrected chi connectivity index (χ2v) is 8.97. The van der Waals surface area contributed by atoms with E-state index in [0.29, 0.717) is 58.7 Å². The van der Waals surface area contributed by atoms with Gasteiger partial charge in [0.25, 0.3) is 11.5 Å². The van der Waals surface area contributed by atoms with Crippen LogP contribution < -0.4 is 15.7 Å². The van der Waals surface area contributed by atoms with Crippen LogP contribution in [0.4, 0.5) is 11.6 Å². The van der Waals surface area contributed by atoms with Crippen LogP contribution in [0.15, 0.2) is 41.3 Å². The molecular weight excluding hydrogens is 507 g/mol. The fourth-order valence-electron chi connectivity index (χ4n) is 4.09. The third-order valence-corrected chi connectivity index (χ3v) is 6.54. The van der Waals surface area contributed by atoms with Gasteiger partial charge in [-0.05, 0) is 31.2 Å². The molecule has 0 bridgehead atoms. The van der Waals surface area contributed by atoms with Crippen LogP contribution in [0.2, 0.25) is 10.0 Å². The molecule has 0 saturated carbocycles. The SMILES string of the molecule is COn1c(=O)c(-c2c(Cl)cccc2Cl)cc2cnc(Nc3cc(C(=O)N4CCOCC4)[nH]c3C)nc21. The van der Waals surface area contributed by atoms with E-state index in [1.54, 1.807) is 41.4 Å². The molecule has 4 heterocycles. The molecule has 3 aromatic heterocycles.